The van der Waals surface area contributed by atoms with E-state index < -0.39 is 6.04 Å². The quantitative estimate of drug-likeness (QED) is 0.504. The van der Waals surface area contributed by atoms with E-state index in [1.54, 1.807) is 17.3 Å². The predicted octanol–water partition coefficient (Wildman–Crippen LogP) is 4.11. The van der Waals surface area contributed by atoms with Gasteiger partial charge in [0.25, 0.3) is 5.91 Å². The first-order valence-electron chi connectivity index (χ1n) is 10.7. The number of anilines is 2. The van der Waals surface area contributed by atoms with E-state index >= 15 is 0 Å². The maximum atomic E-state index is 13.4. The molecule has 0 saturated heterocycles. The third-order valence-electron chi connectivity index (χ3n) is 5.77. The number of amides is 2. The van der Waals surface area contributed by atoms with Crippen LogP contribution in [0.15, 0.2) is 73.1 Å². The van der Waals surface area contributed by atoms with Gasteiger partial charge in [-0.15, -0.1) is 0 Å². The van der Waals surface area contributed by atoms with Gasteiger partial charge in [-0.3, -0.25) is 24.0 Å². The molecule has 1 unspecified atom stereocenters. The molecule has 7 nitrogen and oxygen atoms in total. The lowest BCUT2D eigenvalue weighted by molar-refractivity contribution is -0.124. The maximum Gasteiger partial charge on any atom is 0.253 e. The van der Waals surface area contributed by atoms with E-state index in [1.165, 1.54) is 5.56 Å². The summed E-state index contributed by atoms with van der Waals surface area (Å²) in [7, 11) is 0. The van der Waals surface area contributed by atoms with Gasteiger partial charge in [0.2, 0.25) is 11.9 Å². The topological polar surface area (TPSA) is 80.1 Å². The van der Waals surface area contributed by atoms with Gasteiger partial charge in [-0.25, -0.2) is 4.98 Å². The zero-order chi connectivity index (χ0) is 22.1. The van der Waals surface area contributed by atoms with Crippen LogP contribution in [0.2, 0.25) is 0 Å². The lowest BCUT2D eigenvalue weighted by Gasteiger charge is -2.16. The number of benzene rings is 2. The Morgan fingerprint density at radius 2 is 1.84 bits per heavy atom. The minimum Gasteiger partial charge on any atom is -0.326 e. The summed E-state index contributed by atoms with van der Waals surface area (Å²) in [5.41, 5.74) is 4.47. The number of para-hydroxylation sites is 2. The Balaban J connectivity index is 1.44. The van der Waals surface area contributed by atoms with E-state index in [2.05, 4.69) is 17.2 Å². The highest BCUT2D eigenvalue weighted by Gasteiger charge is 2.40. The zero-order valence-electron chi connectivity index (χ0n) is 17.7. The van der Waals surface area contributed by atoms with Crippen molar-refractivity contribution in [3.05, 3.63) is 84.2 Å². The standard InChI is InChI=1S/C25H23N5O2/c1-2-17-9-11-19(12-10-17)27-23(31)14-22-24(32)29(16-18-6-5-13-26-15-18)25-28-20-7-3-4-8-21(20)30(22)25/h3-13,15,22H,2,14,16H2,1H3,(H,27,31). The van der Waals surface area contributed by atoms with E-state index in [0.29, 0.717) is 12.5 Å². The van der Waals surface area contributed by atoms with Crippen molar-refractivity contribution in [2.24, 2.45) is 0 Å². The van der Waals surface area contributed by atoms with Gasteiger partial charge in [0.05, 0.1) is 24.0 Å². The second-order valence-corrected chi connectivity index (χ2v) is 7.87. The normalized spacial score (nSPS) is 15.2. The second-order valence-electron chi connectivity index (χ2n) is 7.87. The first-order chi connectivity index (χ1) is 15.6. The third kappa shape index (κ3) is 3.62. The van der Waals surface area contributed by atoms with Crippen LogP contribution in [0.4, 0.5) is 11.6 Å². The molecule has 5 rings (SSSR count). The van der Waals surface area contributed by atoms with E-state index in [9.17, 15) is 9.59 Å². The van der Waals surface area contributed by atoms with Gasteiger partial charge in [0, 0.05) is 18.1 Å². The third-order valence-corrected chi connectivity index (χ3v) is 5.77. The highest BCUT2D eigenvalue weighted by molar-refractivity contribution is 6.05. The summed E-state index contributed by atoms with van der Waals surface area (Å²) in [5, 5.41) is 2.92. The van der Waals surface area contributed by atoms with Crippen molar-refractivity contribution in [2.45, 2.75) is 32.4 Å². The Hall–Kier alpha value is -4.00. The molecule has 1 aliphatic heterocycles. The van der Waals surface area contributed by atoms with Crippen LogP contribution < -0.4 is 10.2 Å². The molecule has 0 radical (unpaired) electrons. The van der Waals surface area contributed by atoms with Crippen LogP contribution in [0.3, 0.4) is 0 Å². The number of aromatic nitrogens is 3. The molecule has 2 aromatic carbocycles. The molecule has 4 aromatic rings. The van der Waals surface area contributed by atoms with Crippen molar-refractivity contribution >= 4 is 34.5 Å². The van der Waals surface area contributed by atoms with E-state index in [1.807, 2.05) is 65.2 Å². The monoisotopic (exact) mass is 425 g/mol. The second kappa shape index (κ2) is 8.26. The number of carbonyl (C=O) groups excluding carboxylic acids is 2. The Kier molecular flexibility index (Phi) is 5.15. The van der Waals surface area contributed by atoms with Crippen LogP contribution in [0, 0.1) is 0 Å². The summed E-state index contributed by atoms with van der Waals surface area (Å²) in [4.78, 5) is 36.8. The van der Waals surface area contributed by atoms with Crippen molar-refractivity contribution in [3.63, 3.8) is 0 Å². The average molecular weight is 425 g/mol. The number of nitrogens with one attached hydrogen (secondary N) is 1. The molecule has 2 amide bonds. The maximum absolute atomic E-state index is 13.4. The molecular formula is C25H23N5O2. The van der Waals surface area contributed by atoms with E-state index in [0.717, 1.165) is 28.7 Å². The summed E-state index contributed by atoms with van der Waals surface area (Å²) >= 11 is 0. The molecule has 3 heterocycles. The van der Waals surface area contributed by atoms with Crippen LogP contribution in [0.25, 0.3) is 11.0 Å². The van der Waals surface area contributed by atoms with Crippen LogP contribution in [-0.2, 0) is 22.6 Å². The Bertz CT molecular complexity index is 1280. The molecule has 32 heavy (non-hydrogen) atoms. The van der Waals surface area contributed by atoms with Crippen LogP contribution in [-0.4, -0.2) is 26.3 Å². The van der Waals surface area contributed by atoms with Crippen LogP contribution in [0.5, 0.6) is 0 Å². The Morgan fingerprint density at radius 1 is 1.03 bits per heavy atom. The molecule has 2 aromatic heterocycles. The SMILES string of the molecule is CCc1ccc(NC(=O)CC2C(=O)N(Cc3cccnc3)c3nc4ccccc4n32)cc1. The molecule has 7 heteroatoms. The largest absolute Gasteiger partial charge is 0.326 e. The molecule has 1 atom stereocenters. The molecule has 0 spiro atoms. The number of fused-ring (bicyclic) bond motifs is 3. The summed E-state index contributed by atoms with van der Waals surface area (Å²) in [6.45, 7) is 2.44. The predicted molar refractivity (Wildman–Crippen MR) is 123 cm³/mol. The number of imidazole rings is 1. The number of hydrogen-bond acceptors (Lipinski definition) is 4. The fourth-order valence-corrected chi connectivity index (χ4v) is 4.13. The highest BCUT2D eigenvalue weighted by atomic mass is 16.2. The van der Waals surface area contributed by atoms with Gasteiger partial charge in [-0.1, -0.05) is 37.3 Å². The van der Waals surface area contributed by atoms with Crippen molar-refractivity contribution < 1.29 is 9.59 Å². The molecule has 0 aliphatic carbocycles. The summed E-state index contributed by atoms with van der Waals surface area (Å²) in [6.07, 6.45) is 4.41. The van der Waals surface area contributed by atoms with Gasteiger partial charge in [-0.2, -0.15) is 0 Å². The van der Waals surface area contributed by atoms with Crippen molar-refractivity contribution in [1.29, 1.82) is 0 Å². The molecule has 160 valence electrons. The van der Waals surface area contributed by atoms with E-state index in [-0.39, 0.29) is 18.2 Å². The van der Waals surface area contributed by atoms with Gasteiger partial charge in [0.15, 0.2) is 0 Å². The van der Waals surface area contributed by atoms with Crippen molar-refractivity contribution in [3.8, 4) is 0 Å². The Morgan fingerprint density at radius 3 is 2.59 bits per heavy atom. The van der Waals surface area contributed by atoms with Gasteiger partial charge in [0.1, 0.15) is 6.04 Å². The highest BCUT2D eigenvalue weighted by Crippen LogP contribution is 2.37. The zero-order valence-corrected chi connectivity index (χ0v) is 17.7. The fraction of sp³-hybridized carbons (Fsp3) is 0.200. The summed E-state index contributed by atoms with van der Waals surface area (Å²) < 4.78 is 1.88. The van der Waals surface area contributed by atoms with E-state index in [4.69, 9.17) is 4.98 Å². The molecule has 1 N–H and O–H groups in total. The van der Waals surface area contributed by atoms with Crippen LogP contribution in [0.1, 0.15) is 30.5 Å². The summed E-state index contributed by atoms with van der Waals surface area (Å²) in [6, 6.07) is 18.6. The minimum absolute atomic E-state index is 0.0330. The summed E-state index contributed by atoms with van der Waals surface area (Å²) in [5.74, 6) is 0.211. The lowest BCUT2D eigenvalue weighted by Crippen LogP contribution is -2.31. The number of nitrogens with zero attached hydrogens (tertiary/aromatic N) is 4. The van der Waals surface area contributed by atoms with Crippen molar-refractivity contribution in [2.75, 3.05) is 10.2 Å². The number of rotatable bonds is 6. The molecule has 0 bridgehead atoms. The number of pyridine rings is 1. The molecule has 1 aliphatic rings. The molecular weight excluding hydrogens is 402 g/mol. The van der Waals surface area contributed by atoms with Gasteiger partial charge in [-0.05, 0) is 47.9 Å². The Labute approximate surface area is 185 Å². The van der Waals surface area contributed by atoms with Gasteiger partial charge < -0.3 is 5.32 Å². The minimum atomic E-state index is -0.649. The molecule has 0 fully saturated rings. The number of carbonyl (C=O) groups is 2. The lowest BCUT2D eigenvalue weighted by atomic mass is 10.1. The fourth-order valence-electron chi connectivity index (χ4n) is 4.13. The first kappa shape index (κ1) is 19.9. The number of aryl methyl sites for hydroxylation is 1. The molecule has 0 saturated carbocycles. The van der Waals surface area contributed by atoms with Crippen molar-refractivity contribution in [1.82, 2.24) is 14.5 Å². The average Bonchev–Trinajstić information content (AvgIpc) is 3.31. The van der Waals surface area contributed by atoms with Gasteiger partial charge >= 0.3 is 0 Å². The smallest absolute Gasteiger partial charge is 0.253 e. The number of hydrogen-bond donors (Lipinski definition) is 1. The first-order valence-corrected chi connectivity index (χ1v) is 10.7. The van der Waals surface area contributed by atoms with Crippen LogP contribution >= 0.6 is 0 Å².